The van der Waals surface area contributed by atoms with Crippen molar-refractivity contribution in [1.82, 2.24) is 0 Å². The van der Waals surface area contributed by atoms with Gasteiger partial charge in [-0.1, -0.05) is 84.5 Å². The van der Waals surface area contributed by atoms with Gasteiger partial charge in [0.25, 0.3) is 0 Å². The summed E-state index contributed by atoms with van der Waals surface area (Å²) in [7, 11) is -4.12. The molecule has 1 N–H and O–H groups in total. The Kier molecular flexibility index (Phi) is 20.5. The summed E-state index contributed by atoms with van der Waals surface area (Å²) in [5.41, 5.74) is 0. The molecule has 0 radical (unpaired) electrons. The summed E-state index contributed by atoms with van der Waals surface area (Å²) in [6.07, 6.45) is 14.7. The molecule has 2 atom stereocenters. The van der Waals surface area contributed by atoms with Crippen LogP contribution in [0.1, 0.15) is 110 Å². The normalized spacial score (nSPS) is 14.1. The zero-order chi connectivity index (χ0) is 18.3. The molecule has 146 valence electrons. The largest absolute Gasteiger partial charge is 1.00 e. The van der Waals surface area contributed by atoms with Gasteiger partial charge in [0.15, 0.2) is 0 Å². The summed E-state index contributed by atoms with van der Waals surface area (Å²) < 4.78 is 33.7. The van der Waals surface area contributed by atoms with Crippen LogP contribution in [0.5, 0.6) is 0 Å². The van der Waals surface area contributed by atoms with Gasteiger partial charge >= 0.3 is 29.6 Å². The Bertz CT molecular complexity index is 374. The van der Waals surface area contributed by atoms with Crippen LogP contribution in [0.4, 0.5) is 0 Å². The van der Waals surface area contributed by atoms with E-state index in [-0.39, 0.29) is 35.7 Å². The maximum absolute atomic E-state index is 11.2. The molecule has 4 nitrogen and oxygen atoms in total. The minimum Gasteiger partial charge on any atom is -0.748 e. The maximum atomic E-state index is 11.2. The van der Waals surface area contributed by atoms with Crippen LogP contribution in [-0.4, -0.2) is 29.4 Å². The van der Waals surface area contributed by atoms with E-state index in [4.69, 9.17) is 0 Å². The molecule has 0 aliphatic heterocycles. The van der Waals surface area contributed by atoms with Crippen molar-refractivity contribution in [3.63, 3.8) is 0 Å². The first-order valence-electron chi connectivity index (χ1n) is 10.0. The van der Waals surface area contributed by atoms with Crippen LogP contribution >= 0.6 is 0 Å². The molecule has 0 saturated heterocycles. The Labute approximate surface area is 178 Å². The Morgan fingerprint density at radius 3 is 1.56 bits per heavy atom. The molecule has 2 unspecified atom stereocenters. The van der Waals surface area contributed by atoms with Gasteiger partial charge in [0.05, 0.1) is 16.2 Å². The van der Waals surface area contributed by atoms with Gasteiger partial charge in [0.2, 0.25) is 0 Å². The quantitative estimate of drug-likeness (QED) is 0.236. The average molecular weight is 387 g/mol. The van der Waals surface area contributed by atoms with Crippen molar-refractivity contribution in [2.45, 2.75) is 122 Å². The van der Waals surface area contributed by atoms with E-state index in [1.807, 2.05) is 13.8 Å². The Hall–Kier alpha value is 0.870. The number of aliphatic hydroxyl groups is 1. The standard InChI is InChI=1S/C19H40O4S.Na/c1-3-5-16-19(24(21,22)23)17-14-12-10-8-6-7-9-11-13-15-18(20)4-2;/h18-20H,3-17H2,1-2H3,(H,21,22,23);/q;+1/p-1. The molecular formula is C19H39NaO4S. The summed E-state index contributed by atoms with van der Waals surface area (Å²) >= 11 is 0. The molecule has 0 aromatic rings. The number of rotatable bonds is 17. The second-order valence-corrected chi connectivity index (χ2v) is 8.73. The third-order valence-electron chi connectivity index (χ3n) is 4.82. The zero-order valence-electron chi connectivity index (χ0n) is 16.8. The molecule has 0 heterocycles. The van der Waals surface area contributed by atoms with E-state index < -0.39 is 15.4 Å². The molecule has 0 bridgehead atoms. The first-order valence-corrected chi connectivity index (χ1v) is 11.5. The van der Waals surface area contributed by atoms with Gasteiger partial charge in [-0.05, 0) is 25.7 Å². The van der Waals surface area contributed by atoms with Gasteiger partial charge in [-0.15, -0.1) is 0 Å². The first kappa shape index (κ1) is 28.1. The third kappa shape index (κ3) is 18.0. The van der Waals surface area contributed by atoms with Gasteiger partial charge < -0.3 is 9.66 Å². The summed E-state index contributed by atoms with van der Waals surface area (Å²) in [5, 5.41) is 8.79. The molecule has 0 aliphatic rings. The molecule has 0 fully saturated rings. The monoisotopic (exact) mass is 386 g/mol. The molecule has 0 amide bonds. The molecule has 25 heavy (non-hydrogen) atoms. The first-order chi connectivity index (χ1) is 11.4. The minimum atomic E-state index is -4.12. The fourth-order valence-corrected chi connectivity index (χ4v) is 3.97. The number of hydrogen-bond donors (Lipinski definition) is 1. The second kappa shape index (κ2) is 18.2. The summed E-state index contributed by atoms with van der Waals surface area (Å²) in [6.45, 7) is 4.03. The smallest absolute Gasteiger partial charge is 0.748 e. The summed E-state index contributed by atoms with van der Waals surface area (Å²) in [4.78, 5) is 0. The van der Waals surface area contributed by atoms with Crippen molar-refractivity contribution in [3.05, 3.63) is 0 Å². The van der Waals surface area contributed by atoms with Gasteiger partial charge in [-0.3, -0.25) is 0 Å². The van der Waals surface area contributed by atoms with E-state index in [9.17, 15) is 18.1 Å². The van der Waals surface area contributed by atoms with Crippen LogP contribution < -0.4 is 29.6 Å². The van der Waals surface area contributed by atoms with E-state index in [2.05, 4.69) is 0 Å². The number of unbranched alkanes of at least 4 members (excludes halogenated alkanes) is 9. The van der Waals surface area contributed by atoms with Crippen LogP contribution in [-0.2, 0) is 10.1 Å². The van der Waals surface area contributed by atoms with E-state index in [0.29, 0.717) is 12.8 Å². The molecule has 0 rings (SSSR count). The van der Waals surface area contributed by atoms with Gasteiger partial charge in [0.1, 0.15) is 0 Å². The fourth-order valence-electron chi connectivity index (χ4n) is 3.06. The number of aliphatic hydroxyl groups excluding tert-OH is 1. The fraction of sp³-hybridized carbons (Fsp3) is 1.00. The van der Waals surface area contributed by atoms with Crippen molar-refractivity contribution in [3.8, 4) is 0 Å². The number of hydrogen-bond acceptors (Lipinski definition) is 4. The Morgan fingerprint density at radius 2 is 1.16 bits per heavy atom. The van der Waals surface area contributed by atoms with Crippen molar-refractivity contribution >= 4 is 10.1 Å². The molecule has 0 aliphatic carbocycles. The van der Waals surface area contributed by atoms with E-state index in [0.717, 1.165) is 51.4 Å². The molecule has 0 aromatic carbocycles. The minimum absolute atomic E-state index is 0. The molecular weight excluding hydrogens is 347 g/mol. The van der Waals surface area contributed by atoms with Crippen LogP contribution in [0.15, 0.2) is 0 Å². The third-order valence-corrected chi connectivity index (χ3v) is 6.11. The van der Waals surface area contributed by atoms with Crippen molar-refractivity contribution < 1.29 is 47.6 Å². The zero-order valence-corrected chi connectivity index (χ0v) is 19.7. The molecule has 0 aromatic heterocycles. The van der Waals surface area contributed by atoms with Crippen LogP contribution in [0, 0.1) is 0 Å². The predicted octanol–water partition coefficient (Wildman–Crippen LogP) is 2.16. The second-order valence-electron chi connectivity index (χ2n) is 7.08. The van der Waals surface area contributed by atoms with Crippen molar-refractivity contribution in [2.75, 3.05) is 0 Å². The van der Waals surface area contributed by atoms with Crippen LogP contribution in [0.25, 0.3) is 0 Å². The van der Waals surface area contributed by atoms with Gasteiger partial charge in [-0.25, -0.2) is 8.42 Å². The predicted molar refractivity (Wildman–Crippen MR) is 100 cm³/mol. The van der Waals surface area contributed by atoms with Crippen LogP contribution in [0.2, 0.25) is 0 Å². The Morgan fingerprint density at radius 1 is 0.760 bits per heavy atom. The van der Waals surface area contributed by atoms with Gasteiger partial charge in [-0.2, -0.15) is 0 Å². The average Bonchev–Trinajstić information content (AvgIpc) is 2.53. The topological polar surface area (TPSA) is 77.4 Å². The SMILES string of the molecule is CCCCC(CCCCCCCCCCCC(O)CC)S(=O)(=O)[O-].[Na+]. The maximum Gasteiger partial charge on any atom is 1.00 e. The summed E-state index contributed by atoms with van der Waals surface area (Å²) in [6, 6.07) is 0. The summed E-state index contributed by atoms with van der Waals surface area (Å²) in [5.74, 6) is 0. The van der Waals surface area contributed by atoms with Crippen LogP contribution in [0.3, 0.4) is 0 Å². The van der Waals surface area contributed by atoms with Crippen molar-refractivity contribution in [1.29, 1.82) is 0 Å². The van der Waals surface area contributed by atoms with E-state index >= 15 is 0 Å². The Balaban J connectivity index is 0. The van der Waals surface area contributed by atoms with Gasteiger partial charge in [0, 0.05) is 5.25 Å². The van der Waals surface area contributed by atoms with E-state index in [1.54, 1.807) is 0 Å². The molecule has 0 saturated carbocycles. The molecule has 0 spiro atoms. The van der Waals surface area contributed by atoms with Crippen molar-refractivity contribution in [2.24, 2.45) is 0 Å². The van der Waals surface area contributed by atoms with E-state index in [1.165, 1.54) is 32.1 Å². The molecule has 6 heteroatoms.